The summed E-state index contributed by atoms with van der Waals surface area (Å²) in [6.07, 6.45) is 4.81. The average molecular weight is 491 g/mol. The zero-order chi connectivity index (χ0) is 24.3. The van der Waals surface area contributed by atoms with E-state index in [0.29, 0.717) is 31.2 Å². The number of piperidine rings is 1. The second-order valence-corrected chi connectivity index (χ2v) is 11.3. The topological polar surface area (TPSA) is 101 Å². The predicted octanol–water partition coefficient (Wildman–Crippen LogP) is 1.41. The van der Waals surface area contributed by atoms with Gasteiger partial charge in [-0.3, -0.25) is 9.59 Å². The number of nitrogens with one attached hydrogen (secondary N) is 1. The molecule has 34 heavy (non-hydrogen) atoms. The van der Waals surface area contributed by atoms with Crippen LogP contribution in [0.2, 0.25) is 0 Å². The van der Waals surface area contributed by atoms with E-state index in [4.69, 9.17) is 4.74 Å². The van der Waals surface area contributed by atoms with Crippen LogP contribution in [0.5, 0.6) is 0 Å². The predicted molar refractivity (Wildman–Crippen MR) is 131 cm³/mol. The van der Waals surface area contributed by atoms with Gasteiger partial charge >= 0.3 is 0 Å². The number of morpholine rings is 1. The summed E-state index contributed by atoms with van der Waals surface area (Å²) in [5, 5.41) is 3.07. The van der Waals surface area contributed by atoms with E-state index in [0.717, 1.165) is 26.1 Å². The van der Waals surface area contributed by atoms with Crippen molar-refractivity contribution in [3.63, 3.8) is 0 Å². The van der Waals surface area contributed by atoms with E-state index in [9.17, 15) is 18.0 Å². The van der Waals surface area contributed by atoms with E-state index >= 15 is 0 Å². The Morgan fingerprint density at radius 3 is 2.71 bits per heavy atom. The summed E-state index contributed by atoms with van der Waals surface area (Å²) < 4.78 is 34.4. The number of likely N-dealkylation sites (tertiary alicyclic amines) is 1. The van der Waals surface area contributed by atoms with Crippen molar-refractivity contribution in [1.29, 1.82) is 0 Å². The van der Waals surface area contributed by atoms with Crippen LogP contribution in [0.25, 0.3) is 10.9 Å². The van der Waals surface area contributed by atoms with Crippen LogP contribution in [-0.4, -0.2) is 80.6 Å². The van der Waals surface area contributed by atoms with Crippen molar-refractivity contribution in [3.8, 4) is 0 Å². The largest absolute Gasteiger partial charge is 0.379 e. The third-order valence-corrected chi connectivity index (χ3v) is 8.58. The van der Waals surface area contributed by atoms with Gasteiger partial charge in [-0.05, 0) is 56.5 Å². The van der Waals surface area contributed by atoms with Crippen molar-refractivity contribution < 1.29 is 17.9 Å². The fourth-order valence-corrected chi connectivity index (χ4v) is 6.25. The Labute approximate surface area is 200 Å². The number of carbonyl (C=O) groups is 1. The minimum atomic E-state index is -3.75. The molecule has 1 amide bonds. The van der Waals surface area contributed by atoms with Gasteiger partial charge in [0, 0.05) is 44.8 Å². The molecule has 2 aliphatic heterocycles. The fraction of sp³-hybridized carbons (Fsp3) is 0.583. The second kappa shape index (κ2) is 10.6. The van der Waals surface area contributed by atoms with Crippen molar-refractivity contribution in [1.82, 2.24) is 19.1 Å². The van der Waals surface area contributed by atoms with Gasteiger partial charge in [0.2, 0.25) is 15.5 Å². The lowest BCUT2D eigenvalue weighted by molar-refractivity contribution is 0.0730. The number of hydrogen-bond donors (Lipinski definition) is 1. The molecule has 1 N–H and O–H groups in total. The van der Waals surface area contributed by atoms with Crippen LogP contribution in [0.3, 0.4) is 0 Å². The lowest BCUT2D eigenvalue weighted by Gasteiger charge is -2.30. The molecule has 1 atom stereocenters. The van der Waals surface area contributed by atoms with Gasteiger partial charge in [0.1, 0.15) is 5.56 Å². The maximum Gasteiger partial charge on any atom is 0.256 e. The molecule has 0 aliphatic carbocycles. The Hall–Kier alpha value is -2.27. The fourth-order valence-electron chi connectivity index (χ4n) is 4.82. The molecule has 3 heterocycles. The van der Waals surface area contributed by atoms with Gasteiger partial charge in [0.05, 0.1) is 23.6 Å². The quantitative estimate of drug-likeness (QED) is 0.589. The minimum absolute atomic E-state index is 0.0162. The number of pyridine rings is 1. The van der Waals surface area contributed by atoms with E-state index < -0.39 is 21.4 Å². The summed E-state index contributed by atoms with van der Waals surface area (Å²) in [4.78, 5) is 28.5. The van der Waals surface area contributed by atoms with Crippen molar-refractivity contribution in [2.45, 2.75) is 31.1 Å². The highest BCUT2D eigenvalue weighted by Gasteiger charge is 2.27. The molecule has 0 radical (unpaired) electrons. The molecular weight excluding hydrogens is 456 g/mol. The maximum atomic E-state index is 13.2. The van der Waals surface area contributed by atoms with Gasteiger partial charge in [0.15, 0.2) is 0 Å². The highest BCUT2D eigenvalue weighted by atomic mass is 32.2. The van der Waals surface area contributed by atoms with E-state index in [2.05, 4.69) is 17.1 Å². The smallest absolute Gasteiger partial charge is 0.256 e. The van der Waals surface area contributed by atoms with E-state index in [-0.39, 0.29) is 28.9 Å². The number of hydrogen-bond acceptors (Lipinski definition) is 6. The summed E-state index contributed by atoms with van der Waals surface area (Å²) in [5.74, 6) is 0.275. The van der Waals surface area contributed by atoms with Crippen LogP contribution in [0.1, 0.15) is 36.5 Å². The first-order valence-electron chi connectivity index (χ1n) is 12.0. The average Bonchev–Trinajstić information content (AvgIpc) is 2.84. The lowest BCUT2D eigenvalue weighted by atomic mass is 10.0. The van der Waals surface area contributed by atoms with Crippen LogP contribution in [0.15, 0.2) is 34.1 Å². The summed E-state index contributed by atoms with van der Waals surface area (Å²) in [7, 11) is -2.01. The van der Waals surface area contributed by atoms with Crippen molar-refractivity contribution in [3.05, 3.63) is 40.2 Å². The van der Waals surface area contributed by atoms with Crippen LogP contribution in [0, 0.1) is 5.92 Å². The van der Waals surface area contributed by atoms with Gasteiger partial charge in [0.25, 0.3) is 5.91 Å². The van der Waals surface area contributed by atoms with E-state index in [1.807, 2.05) is 0 Å². The SMILES string of the molecule is C[C@H]1CCCN(CCCNC(=O)c2cn(C)c3ccc(S(=O)(=O)N4CCOCC4)cc3c2=O)C1. The number of sulfonamides is 1. The Kier molecular flexibility index (Phi) is 7.71. The van der Waals surface area contributed by atoms with Crippen molar-refractivity contribution in [2.75, 3.05) is 52.5 Å². The first-order valence-corrected chi connectivity index (χ1v) is 13.4. The molecule has 2 fully saturated rings. The third kappa shape index (κ3) is 5.35. The number of aromatic nitrogens is 1. The third-order valence-electron chi connectivity index (χ3n) is 6.69. The second-order valence-electron chi connectivity index (χ2n) is 9.34. The Bertz CT molecular complexity index is 1200. The number of benzene rings is 1. The van der Waals surface area contributed by atoms with Crippen LogP contribution in [-0.2, 0) is 21.8 Å². The molecule has 0 unspecified atom stereocenters. The van der Waals surface area contributed by atoms with E-state index in [1.54, 1.807) is 17.7 Å². The lowest BCUT2D eigenvalue weighted by Crippen LogP contribution is -2.40. The summed E-state index contributed by atoms with van der Waals surface area (Å²) >= 11 is 0. The number of ether oxygens (including phenoxy) is 1. The molecule has 2 aliphatic rings. The number of aryl methyl sites for hydroxylation is 1. The van der Waals surface area contributed by atoms with Crippen LogP contribution < -0.4 is 10.7 Å². The summed E-state index contributed by atoms with van der Waals surface area (Å²) in [5.41, 5.74) is 0.124. The number of fused-ring (bicyclic) bond motifs is 1. The highest BCUT2D eigenvalue weighted by Crippen LogP contribution is 2.21. The molecule has 2 saturated heterocycles. The molecule has 10 heteroatoms. The number of carbonyl (C=O) groups excluding carboxylic acids is 1. The standard InChI is InChI=1S/C24H34N4O5S/c1-18-5-3-9-27(16-18)10-4-8-25-24(30)21-17-26(2)22-7-6-19(15-20(22)23(21)29)34(31,32)28-11-13-33-14-12-28/h6-7,15,17-18H,3-5,8-14,16H2,1-2H3,(H,25,30)/t18-/m0/s1. The molecule has 1 aromatic heterocycles. The molecule has 0 saturated carbocycles. The van der Waals surface area contributed by atoms with Gasteiger partial charge < -0.3 is 19.5 Å². The number of amides is 1. The summed E-state index contributed by atoms with van der Waals surface area (Å²) in [6, 6.07) is 4.51. The number of nitrogens with zero attached hydrogens (tertiary/aromatic N) is 3. The Balaban J connectivity index is 1.50. The number of rotatable bonds is 7. The van der Waals surface area contributed by atoms with Gasteiger partial charge in [-0.2, -0.15) is 4.31 Å². The van der Waals surface area contributed by atoms with Gasteiger partial charge in [-0.1, -0.05) is 6.92 Å². The van der Waals surface area contributed by atoms with Gasteiger partial charge in [-0.25, -0.2) is 8.42 Å². The molecule has 9 nitrogen and oxygen atoms in total. The van der Waals surface area contributed by atoms with Crippen molar-refractivity contribution in [2.24, 2.45) is 13.0 Å². The zero-order valence-electron chi connectivity index (χ0n) is 20.0. The van der Waals surface area contributed by atoms with Crippen LogP contribution in [0.4, 0.5) is 0 Å². The first-order chi connectivity index (χ1) is 16.3. The molecular formula is C24H34N4O5S. The van der Waals surface area contributed by atoms with Gasteiger partial charge in [-0.15, -0.1) is 0 Å². The molecule has 4 rings (SSSR count). The molecule has 0 spiro atoms. The maximum absolute atomic E-state index is 13.2. The molecule has 0 bridgehead atoms. The minimum Gasteiger partial charge on any atom is -0.379 e. The van der Waals surface area contributed by atoms with Crippen molar-refractivity contribution >= 4 is 26.8 Å². The summed E-state index contributed by atoms with van der Waals surface area (Å²) in [6.45, 7) is 7.09. The van der Waals surface area contributed by atoms with Crippen LogP contribution >= 0.6 is 0 Å². The zero-order valence-corrected chi connectivity index (χ0v) is 20.8. The molecule has 1 aromatic carbocycles. The highest BCUT2D eigenvalue weighted by molar-refractivity contribution is 7.89. The normalized spacial score (nSPS) is 20.5. The first kappa shape index (κ1) is 24.8. The Morgan fingerprint density at radius 2 is 1.97 bits per heavy atom. The Morgan fingerprint density at radius 1 is 1.21 bits per heavy atom. The molecule has 2 aromatic rings. The van der Waals surface area contributed by atoms with E-state index in [1.165, 1.54) is 35.5 Å². The monoisotopic (exact) mass is 490 g/mol. The molecule has 186 valence electrons.